The lowest BCUT2D eigenvalue weighted by molar-refractivity contribution is -0.119. The van der Waals surface area contributed by atoms with E-state index in [1.165, 1.54) is 11.3 Å². The zero-order valence-electron chi connectivity index (χ0n) is 17.8. The van der Waals surface area contributed by atoms with Crippen LogP contribution in [-0.4, -0.2) is 31.1 Å². The molecule has 3 rings (SSSR count). The average Bonchev–Trinajstić information content (AvgIpc) is 3.05. The molecule has 1 N–H and O–H groups in total. The fraction of sp³-hybridized carbons (Fsp3) is 0.435. The highest BCUT2D eigenvalue weighted by Crippen LogP contribution is 2.40. The Balaban J connectivity index is 1.70. The molecular formula is C23H27NO5S. The number of carbonyl (C=O) groups excluding carboxylic acids is 3. The number of hydrogen-bond acceptors (Lipinski definition) is 6. The Morgan fingerprint density at radius 1 is 1.13 bits per heavy atom. The number of esters is 2. The third-order valence-electron chi connectivity index (χ3n) is 5.32. The molecular weight excluding hydrogens is 402 g/mol. The quantitative estimate of drug-likeness (QED) is 0.686. The molecule has 160 valence electrons. The third kappa shape index (κ3) is 4.90. The molecule has 6 nitrogen and oxygen atoms in total. The van der Waals surface area contributed by atoms with Crippen LogP contribution in [0.4, 0.5) is 5.00 Å². The smallest absolute Gasteiger partial charge is 0.341 e. The lowest BCUT2D eigenvalue weighted by Crippen LogP contribution is -2.22. The number of anilines is 1. The summed E-state index contributed by atoms with van der Waals surface area (Å²) in [4.78, 5) is 38.3. The van der Waals surface area contributed by atoms with E-state index < -0.39 is 24.5 Å². The van der Waals surface area contributed by atoms with Crippen molar-refractivity contribution in [1.82, 2.24) is 0 Å². The second kappa shape index (κ2) is 9.43. The predicted octanol–water partition coefficient (Wildman–Crippen LogP) is 4.46. The Bertz CT molecular complexity index is 978. The van der Waals surface area contributed by atoms with Gasteiger partial charge in [-0.05, 0) is 74.8 Å². The first-order valence-electron chi connectivity index (χ1n) is 10.2. The summed E-state index contributed by atoms with van der Waals surface area (Å²) in [5.41, 5.74) is 3.87. The van der Waals surface area contributed by atoms with Gasteiger partial charge in [0.05, 0.1) is 17.7 Å². The van der Waals surface area contributed by atoms with Crippen molar-refractivity contribution in [2.45, 2.75) is 47.0 Å². The number of hydrogen-bond donors (Lipinski definition) is 1. The summed E-state index contributed by atoms with van der Waals surface area (Å²) in [6, 6.07) is 5.26. The first-order chi connectivity index (χ1) is 14.3. The number of rotatable bonds is 6. The molecule has 1 atom stereocenters. The molecule has 1 heterocycles. The van der Waals surface area contributed by atoms with Crippen molar-refractivity contribution in [2.75, 3.05) is 18.5 Å². The van der Waals surface area contributed by atoms with Crippen molar-refractivity contribution < 1.29 is 23.9 Å². The molecule has 1 aliphatic rings. The van der Waals surface area contributed by atoms with Gasteiger partial charge >= 0.3 is 11.9 Å². The fourth-order valence-electron chi connectivity index (χ4n) is 3.50. The predicted molar refractivity (Wildman–Crippen MR) is 116 cm³/mol. The summed E-state index contributed by atoms with van der Waals surface area (Å²) in [5.74, 6) is -0.928. The van der Waals surface area contributed by atoms with Crippen molar-refractivity contribution >= 4 is 34.2 Å². The number of thiophene rings is 1. The van der Waals surface area contributed by atoms with E-state index >= 15 is 0 Å². The van der Waals surface area contributed by atoms with Crippen LogP contribution in [0, 0.1) is 19.8 Å². The van der Waals surface area contributed by atoms with Crippen LogP contribution in [0.15, 0.2) is 18.2 Å². The Morgan fingerprint density at radius 2 is 1.90 bits per heavy atom. The van der Waals surface area contributed by atoms with Gasteiger partial charge in [0.1, 0.15) is 5.00 Å². The van der Waals surface area contributed by atoms with Crippen LogP contribution in [0.2, 0.25) is 0 Å². The van der Waals surface area contributed by atoms with Gasteiger partial charge in [-0.1, -0.05) is 13.0 Å². The van der Waals surface area contributed by atoms with Crippen LogP contribution in [0.3, 0.4) is 0 Å². The topological polar surface area (TPSA) is 81.7 Å². The molecule has 0 spiro atoms. The van der Waals surface area contributed by atoms with Crippen LogP contribution in [-0.2, 0) is 27.1 Å². The van der Waals surface area contributed by atoms with E-state index in [1.807, 2.05) is 19.9 Å². The minimum atomic E-state index is -0.557. The number of amides is 1. The molecule has 1 amide bonds. The number of fused-ring (bicyclic) bond motifs is 1. The SMILES string of the molecule is CCOC(=O)c1c(NC(=O)COC(=O)c2ccc(C)c(C)c2)sc2c1CC[C@H](C)C2. The summed E-state index contributed by atoms with van der Waals surface area (Å²) in [7, 11) is 0. The zero-order valence-corrected chi connectivity index (χ0v) is 18.6. The monoisotopic (exact) mass is 429 g/mol. The summed E-state index contributed by atoms with van der Waals surface area (Å²) in [6.07, 6.45) is 2.67. The largest absolute Gasteiger partial charge is 0.462 e. The van der Waals surface area contributed by atoms with Crippen molar-refractivity contribution in [3.05, 3.63) is 50.9 Å². The number of nitrogens with one attached hydrogen (secondary N) is 1. The van der Waals surface area contributed by atoms with E-state index in [1.54, 1.807) is 19.1 Å². The highest BCUT2D eigenvalue weighted by molar-refractivity contribution is 7.17. The van der Waals surface area contributed by atoms with Gasteiger partial charge in [-0.2, -0.15) is 0 Å². The molecule has 0 saturated heterocycles. The molecule has 1 aliphatic carbocycles. The lowest BCUT2D eigenvalue weighted by Gasteiger charge is -2.18. The first-order valence-corrected chi connectivity index (χ1v) is 11.0. The Labute approximate surface area is 180 Å². The van der Waals surface area contributed by atoms with Crippen molar-refractivity contribution in [3.8, 4) is 0 Å². The molecule has 30 heavy (non-hydrogen) atoms. The second-order valence-electron chi connectivity index (χ2n) is 7.70. The van der Waals surface area contributed by atoms with Crippen molar-refractivity contribution in [3.63, 3.8) is 0 Å². The first kappa shape index (κ1) is 22.0. The molecule has 0 saturated carbocycles. The molecule has 7 heteroatoms. The maximum Gasteiger partial charge on any atom is 0.341 e. The molecule has 1 aromatic heterocycles. The molecule has 0 aliphatic heterocycles. The molecule has 0 unspecified atom stereocenters. The van der Waals surface area contributed by atoms with E-state index in [0.29, 0.717) is 22.0 Å². The zero-order chi connectivity index (χ0) is 21.8. The fourth-order valence-corrected chi connectivity index (χ4v) is 4.92. The van der Waals surface area contributed by atoms with Crippen molar-refractivity contribution in [2.24, 2.45) is 5.92 Å². The normalized spacial score (nSPS) is 15.3. The van der Waals surface area contributed by atoms with Crippen LogP contribution in [0.5, 0.6) is 0 Å². The van der Waals surface area contributed by atoms with Crippen LogP contribution in [0.1, 0.15) is 62.6 Å². The minimum Gasteiger partial charge on any atom is -0.462 e. The van der Waals surface area contributed by atoms with Gasteiger partial charge in [0.2, 0.25) is 0 Å². The summed E-state index contributed by atoms with van der Waals surface area (Å²) in [6.45, 7) is 7.64. The van der Waals surface area contributed by atoms with E-state index in [9.17, 15) is 14.4 Å². The van der Waals surface area contributed by atoms with Crippen molar-refractivity contribution in [1.29, 1.82) is 0 Å². The minimum absolute atomic E-state index is 0.265. The number of benzene rings is 1. The third-order valence-corrected chi connectivity index (χ3v) is 6.49. The van der Waals surface area contributed by atoms with Gasteiger partial charge < -0.3 is 14.8 Å². The van der Waals surface area contributed by atoms with E-state index in [-0.39, 0.29) is 6.61 Å². The molecule has 2 aromatic rings. The van der Waals surface area contributed by atoms with Gasteiger partial charge in [0.15, 0.2) is 6.61 Å². The molecule has 0 fully saturated rings. The average molecular weight is 430 g/mol. The standard InChI is InChI=1S/C23H27NO5S/c1-5-28-23(27)20-17-9-6-13(2)10-18(17)30-21(20)24-19(25)12-29-22(26)16-8-7-14(3)15(4)11-16/h7-8,11,13H,5-6,9-10,12H2,1-4H3,(H,24,25)/t13-/m0/s1. The summed E-state index contributed by atoms with van der Waals surface area (Å²) in [5, 5.41) is 3.22. The second-order valence-corrected chi connectivity index (χ2v) is 8.80. The molecule has 0 bridgehead atoms. The van der Waals surface area contributed by atoms with Crippen LogP contribution >= 0.6 is 11.3 Å². The van der Waals surface area contributed by atoms with Crippen LogP contribution < -0.4 is 5.32 Å². The van der Waals surface area contributed by atoms with Gasteiger partial charge in [0.25, 0.3) is 5.91 Å². The molecule has 1 aromatic carbocycles. The highest BCUT2D eigenvalue weighted by atomic mass is 32.1. The van der Waals surface area contributed by atoms with E-state index in [2.05, 4.69) is 12.2 Å². The number of ether oxygens (including phenoxy) is 2. The molecule has 0 radical (unpaired) electrons. The summed E-state index contributed by atoms with van der Waals surface area (Å²) >= 11 is 1.41. The Hall–Kier alpha value is -2.67. The number of aryl methyl sites for hydroxylation is 2. The number of carbonyl (C=O) groups is 3. The van der Waals surface area contributed by atoms with Gasteiger partial charge in [-0.25, -0.2) is 9.59 Å². The maximum atomic E-state index is 12.5. The van der Waals surface area contributed by atoms with Crippen LogP contribution in [0.25, 0.3) is 0 Å². The Kier molecular flexibility index (Phi) is 6.92. The highest BCUT2D eigenvalue weighted by Gasteiger charge is 2.29. The van der Waals surface area contributed by atoms with E-state index in [4.69, 9.17) is 9.47 Å². The van der Waals surface area contributed by atoms with Gasteiger partial charge in [-0.3, -0.25) is 4.79 Å². The lowest BCUT2D eigenvalue weighted by atomic mass is 9.88. The Morgan fingerprint density at radius 3 is 2.60 bits per heavy atom. The summed E-state index contributed by atoms with van der Waals surface area (Å²) < 4.78 is 10.4. The maximum absolute atomic E-state index is 12.5. The van der Waals surface area contributed by atoms with E-state index in [0.717, 1.165) is 40.8 Å². The van der Waals surface area contributed by atoms with Gasteiger partial charge in [0, 0.05) is 4.88 Å². The van der Waals surface area contributed by atoms with Gasteiger partial charge in [-0.15, -0.1) is 11.3 Å².